The van der Waals surface area contributed by atoms with Crippen LogP contribution in [0.2, 0.25) is 0 Å². The van der Waals surface area contributed by atoms with E-state index in [0.29, 0.717) is 42.5 Å². The molecule has 5 aromatic rings. The summed E-state index contributed by atoms with van der Waals surface area (Å²) >= 11 is 1.70. The molecule has 2 amide bonds. The number of carbonyl (C=O) groups is 3. The summed E-state index contributed by atoms with van der Waals surface area (Å²) < 4.78 is 49.0. The second-order valence-electron chi connectivity index (χ2n) is 17.6. The number of carbonyl (C=O) groups excluding carboxylic acids is 4. The van der Waals surface area contributed by atoms with Crippen LogP contribution in [0.15, 0.2) is 58.4 Å². The van der Waals surface area contributed by atoms with Gasteiger partial charge in [0.15, 0.2) is 17.4 Å². The number of rotatable bonds is 18. The molecule has 0 bridgehead atoms. The zero-order chi connectivity index (χ0) is 46.7. The minimum absolute atomic E-state index is 0. The number of hydrogen-bond donors (Lipinski definition) is 1. The molecule has 2 saturated heterocycles. The molecule has 13 nitrogen and oxygen atoms in total. The van der Waals surface area contributed by atoms with Crippen LogP contribution in [0.4, 0.5) is 8.78 Å². The van der Waals surface area contributed by atoms with E-state index in [9.17, 15) is 28.0 Å². The number of ether oxygens (including phenoxy) is 2. The van der Waals surface area contributed by atoms with Gasteiger partial charge in [-0.05, 0) is 86.3 Å². The predicted octanol–water partition coefficient (Wildman–Crippen LogP) is 5.21. The molecule has 2 aliphatic heterocycles. The number of thiophene rings is 1. The van der Waals surface area contributed by atoms with Gasteiger partial charge in [-0.15, -0.1) is 30.3 Å². The first kappa shape index (κ1) is 52.2. The van der Waals surface area contributed by atoms with Crippen molar-refractivity contribution in [3.63, 3.8) is 0 Å². The summed E-state index contributed by atoms with van der Waals surface area (Å²) in [5.41, 5.74) is 0.393. The molecule has 1 saturated carbocycles. The Morgan fingerprint density at radius 1 is 0.970 bits per heavy atom. The summed E-state index contributed by atoms with van der Waals surface area (Å²) in [6, 6.07) is 13.2. The van der Waals surface area contributed by atoms with Crippen molar-refractivity contribution in [1.82, 2.24) is 29.7 Å². The van der Waals surface area contributed by atoms with Gasteiger partial charge in [-0.1, -0.05) is 50.2 Å². The number of ketones is 1. The fraction of sp³-hybridized carbons (Fsp3) is 0.500. The number of Topliss-reactive ketones (excluding diaryl/α,β-unsaturated/α-hetero) is 1. The van der Waals surface area contributed by atoms with E-state index in [0.717, 1.165) is 69.5 Å². The number of likely N-dealkylation sites (N-methyl/N-ethyl adjacent to an activating group) is 1. The number of amides is 2. The number of halogens is 2. The van der Waals surface area contributed by atoms with E-state index in [1.54, 1.807) is 29.4 Å². The number of benzene rings is 2. The first-order valence-corrected chi connectivity index (χ1v) is 24.0. The Hall–Kier alpha value is -4.19. The zero-order valence-corrected chi connectivity index (χ0v) is 41.8. The van der Waals surface area contributed by atoms with Crippen molar-refractivity contribution in [3.8, 4) is 11.6 Å². The van der Waals surface area contributed by atoms with Crippen molar-refractivity contribution < 1.29 is 71.5 Å². The largest absolute Gasteiger partial charge is 1.00 e. The van der Waals surface area contributed by atoms with Crippen molar-refractivity contribution in [2.75, 3.05) is 46.4 Å². The zero-order valence-electron chi connectivity index (χ0n) is 39.0. The molecule has 356 valence electrons. The minimum Gasteiger partial charge on any atom is -0.541 e. The number of piperidine rings is 1. The third-order valence-electron chi connectivity index (χ3n) is 13.3. The van der Waals surface area contributed by atoms with Crippen LogP contribution >= 0.6 is 11.3 Å². The number of fused-ring (bicyclic) bond motifs is 2. The van der Waals surface area contributed by atoms with Gasteiger partial charge in [0, 0.05) is 37.2 Å². The molecule has 1 aliphatic carbocycles. The third-order valence-corrected chi connectivity index (χ3v) is 14.2. The molecule has 1 N–H and O–H groups in total. The SMILES string of the molecule is CN[C@@H](C)C(=O)C[C@H]([C-]=O)C1CCCCC1.[CH2-]CN(C[CH2-])C(=O)c1cc2cc(F)c(F)cc2n1CC(=O)N1CCC[C@@H]1COc1cc(CN2CCC(Oc3cccc4ccsc34)CC2)on1.[Na+]. The van der Waals surface area contributed by atoms with E-state index >= 15 is 0 Å². The Labute approximate surface area is 418 Å². The molecule has 67 heavy (non-hydrogen) atoms. The van der Waals surface area contributed by atoms with Crippen molar-refractivity contribution in [2.45, 2.75) is 102 Å². The number of nitrogens with zero attached hydrogens (tertiary/aromatic N) is 5. The van der Waals surface area contributed by atoms with Crippen molar-refractivity contribution in [3.05, 3.63) is 90.8 Å². The molecule has 0 radical (unpaired) electrons. The normalized spacial score (nSPS) is 17.9. The Balaban J connectivity index is 0.000000371. The molecular weight excluding hydrogens is 890 g/mol. The smallest absolute Gasteiger partial charge is 0.541 e. The molecule has 3 fully saturated rings. The first-order valence-electron chi connectivity index (χ1n) is 23.2. The van der Waals surface area contributed by atoms with Crippen LogP contribution in [0.1, 0.15) is 87.4 Å². The maximum atomic E-state index is 14.3. The second kappa shape index (κ2) is 24.9. The number of aromatic nitrogens is 2. The van der Waals surface area contributed by atoms with Crippen LogP contribution in [-0.2, 0) is 27.5 Å². The first-order chi connectivity index (χ1) is 32.0. The maximum absolute atomic E-state index is 14.3. The maximum Gasteiger partial charge on any atom is 1.00 e. The average molecular weight is 951 g/mol. The molecule has 8 rings (SSSR count). The van der Waals surface area contributed by atoms with Gasteiger partial charge in [-0.3, -0.25) is 25.6 Å². The molecular formula is C50H61F2N6NaO7S-2. The Morgan fingerprint density at radius 2 is 1.72 bits per heavy atom. The van der Waals surface area contributed by atoms with Gasteiger partial charge < -0.3 is 52.3 Å². The van der Waals surface area contributed by atoms with Crippen LogP contribution < -0.4 is 44.3 Å². The van der Waals surface area contributed by atoms with Gasteiger partial charge in [-0.25, -0.2) is 8.78 Å². The average Bonchev–Trinajstić information content (AvgIpc) is 4.17. The predicted molar refractivity (Wildman–Crippen MR) is 250 cm³/mol. The van der Waals surface area contributed by atoms with E-state index in [-0.39, 0.29) is 103 Å². The molecule has 3 atom stereocenters. The fourth-order valence-corrected chi connectivity index (χ4v) is 10.2. The topological polar surface area (TPSA) is 139 Å². The number of nitrogens with one attached hydrogen (secondary N) is 1. The van der Waals surface area contributed by atoms with Gasteiger partial charge in [0.05, 0.1) is 28.8 Å². The monoisotopic (exact) mass is 950 g/mol. The van der Waals surface area contributed by atoms with Gasteiger partial charge in [-0.2, -0.15) is 0 Å². The molecule has 17 heteroatoms. The minimum atomic E-state index is -1.06. The van der Waals surface area contributed by atoms with Gasteiger partial charge >= 0.3 is 29.6 Å². The quantitative estimate of drug-likeness (QED) is 0.0921. The summed E-state index contributed by atoms with van der Waals surface area (Å²) in [5, 5.41) is 10.6. The van der Waals surface area contributed by atoms with E-state index in [1.807, 2.05) is 19.1 Å². The Kier molecular flexibility index (Phi) is 19.4. The molecule has 3 aromatic heterocycles. The van der Waals surface area contributed by atoms with E-state index in [2.05, 4.69) is 53.0 Å². The molecule has 0 spiro atoms. The number of hydrogen-bond acceptors (Lipinski definition) is 11. The van der Waals surface area contributed by atoms with E-state index < -0.39 is 17.5 Å². The van der Waals surface area contributed by atoms with E-state index in [4.69, 9.17) is 14.0 Å². The Bertz CT molecular complexity index is 2430. The summed E-state index contributed by atoms with van der Waals surface area (Å²) in [6.45, 7) is 12.5. The summed E-state index contributed by atoms with van der Waals surface area (Å²) in [4.78, 5) is 55.1. The van der Waals surface area contributed by atoms with Gasteiger partial charge in [0.2, 0.25) is 5.91 Å². The van der Waals surface area contributed by atoms with Crippen molar-refractivity contribution in [1.29, 1.82) is 0 Å². The molecule has 0 unspecified atom stereocenters. The van der Waals surface area contributed by atoms with Crippen molar-refractivity contribution in [2.24, 2.45) is 11.8 Å². The third kappa shape index (κ3) is 13.1. The summed E-state index contributed by atoms with van der Waals surface area (Å²) in [7, 11) is 1.77. The van der Waals surface area contributed by atoms with Crippen LogP contribution in [-0.4, -0.2) is 113 Å². The summed E-state index contributed by atoms with van der Waals surface area (Å²) in [5.74, 6) is -0.440. The number of likely N-dealkylation sites (tertiary alicyclic amines) is 2. The Morgan fingerprint density at radius 3 is 2.43 bits per heavy atom. The second-order valence-corrected chi connectivity index (χ2v) is 18.5. The van der Waals surface area contributed by atoms with Gasteiger partial charge in [0.25, 0.3) is 11.8 Å². The molecule has 2 aromatic carbocycles. The van der Waals surface area contributed by atoms with Crippen LogP contribution in [0.3, 0.4) is 0 Å². The standard InChI is InChI=1S/C37H39F2N5O5S.C13H22NO2.Na/c1-3-42(4-2)37(46)32-18-25-17-29(38)30(39)20-31(25)44(32)22-35(45)43-13-6-8-26(43)23-47-34-19-28(49-40-34)21-41-14-10-27(11-15-41)48-33-9-5-7-24-12-16-50-36(24)33;1-10(14-2)13(16)8-12(9-15)11-6-4-3-5-7-11;/h5,7,9,12,16-20,26-27H,1-4,6,8,10-11,13-15,21-23H2;10-12,14H,3-8H2,1-2H3;/q-2;-1;+1/t26-;10-,12+;/m10./s1. The van der Waals surface area contributed by atoms with Crippen LogP contribution in [0.25, 0.3) is 21.0 Å². The van der Waals surface area contributed by atoms with Crippen LogP contribution in [0, 0.1) is 37.3 Å². The molecule has 5 heterocycles. The van der Waals surface area contributed by atoms with Crippen LogP contribution in [0.5, 0.6) is 11.6 Å². The van der Waals surface area contributed by atoms with Gasteiger partial charge in [0.1, 0.15) is 36.5 Å². The molecule has 3 aliphatic rings. The van der Waals surface area contributed by atoms with E-state index in [1.165, 1.54) is 44.9 Å². The fourth-order valence-electron chi connectivity index (χ4n) is 9.30. The summed E-state index contributed by atoms with van der Waals surface area (Å²) in [6.07, 6.45) is 11.8. The van der Waals surface area contributed by atoms with Crippen molar-refractivity contribution >= 4 is 56.2 Å².